The van der Waals surface area contributed by atoms with Crippen molar-refractivity contribution in [3.63, 3.8) is 0 Å². The third-order valence-corrected chi connectivity index (χ3v) is 2.66. The van der Waals surface area contributed by atoms with Crippen molar-refractivity contribution < 1.29 is 54.3 Å². The van der Waals surface area contributed by atoms with Crippen LogP contribution in [0.15, 0.2) is 24.3 Å². The molecule has 14 heavy (non-hydrogen) atoms. The predicted molar refractivity (Wildman–Crippen MR) is 56.2 cm³/mol. The van der Waals surface area contributed by atoms with E-state index in [0.29, 0.717) is 23.9 Å². The Bertz CT molecular complexity index is 268. The molecule has 1 radical (unpaired) electrons. The molecule has 0 unspecified atom stereocenters. The van der Waals surface area contributed by atoms with E-state index in [1.165, 1.54) is 0 Å². The van der Waals surface area contributed by atoms with Crippen LogP contribution in [0.2, 0.25) is 0 Å². The molecule has 0 saturated carbocycles. The van der Waals surface area contributed by atoms with Crippen LogP contribution in [0.1, 0.15) is 12.0 Å². The van der Waals surface area contributed by atoms with Gasteiger partial charge in [-0.2, -0.15) is 0 Å². The first-order chi connectivity index (χ1) is 6.24. The number of halogens is 1. The molecule has 75 valence electrons. The Morgan fingerprint density at radius 3 is 2.50 bits per heavy atom. The predicted octanol–water partition coefficient (Wildman–Crippen LogP) is 2.08. The molecule has 0 amide bonds. The monoisotopic (exact) mass is 471 g/mol. The van der Waals surface area contributed by atoms with Gasteiger partial charge in [-0.1, -0.05) is 34.1 Å². The van der Waals surface area contributed by atoms with Crippen molar-refractivity contribution in [2.24, 2.45) is 0 Å². The van der Waals surface area contributed by atoms with Gasteiger partial charge in [0.15, 0.2) is 0 Å². The second-order valence-electron chi connectivity index (χ2n) is 2.98. The molecule has 0 aliphatic carbocycles. The number of aryl methyl sites for hydroxylation is 1. The zero-order valence-corrected chi connectivity index (χ0v) is 14.2. The van der Waals surface area contributed by atoms with E-state index in [1.807, 2.05) is 12.1 Å². The molecule has 1 aromatic carbocycles. The second kappa shape index (κ2) is 8.10. The van der Waals surface area contributed by atoms with Gasteiger partial charge >= 0.3 is 0 Å². The van der Waals surface area contributed by atoms with E-state index in [1.54, 1.807) is 12.1 Å². The zero-order chi connectivity index (χ0) is 9.68. The maximum Gasteiger partial charge on any atom is 0.118 e. The normalized spacial score (nSPS) is 11.9. The molecule has 0 aliphatic rings. The van der Waals surface area contributed by atoms with Gasteiger partial charge in [-0.25, -0.2) is 0 Å². The summed E-state index contributed by atoms with van der Waals surface area (Å²) in [5, 5.41) is 19.3. The number of benzene rings is 1. The summed E-state index contributed by atoms with van der Waals surface area (Å²) >= 11 is 3.19. The van der Waals surface area contributed by atoms with Crippen LogP contribution in [0.5, 0.6) is 5.75 Å². The van der Waals surface area contributed by atoms with Crippen LogP contribution in [-0.4, -0.2) is 21.6 Å². The fourth-order valence-electron chi connectivity index (χ4n) is 1.12. The quantitative estimate of drug-likeness (QED) is 0.660. The van der Waals surface area contributed by atoms with E-state index in [2.05, 4.69) is 15.9 Å². The van der Waals surface area contributed by atoms with Crippen LogP contribution in [0.3, 0.4) is 0 Å². The summed E-state index contributed by atoms with van der Waals surface area (Å²) in [5.41, 5.74) is 0.891. The molecule has 1 atom stereocenters. The summed E-state index contributed by atoms with van der Waals surface area (Å²) in [6, 6.07) is 7.21. The first kappa shape index (κ1) is 14.9. The molecule has 0 aliphatic heterocycles. The molecule has 2 N–H and O–H groups in total. The van der Waals surface area contributed by atoms with Gasteiger partial charge in [-0.15, -0.1) is 0 Å². The van der Waals surface area contributed by atoms with E-state index in [9.17, 15) is 10.2 Å². The number of rotatable bonds is 4. The van der Waals surface area contributed by atoms with Crippen molar-refractivity contribution in [2.45, 2.75) is 18.9 Å². The van der Waals surface area contributed by atoms with E-state index in [4.69, 9.17) is 0 Å². The minimum absolute atomic E-state index is 0. The topological polar surface area (TPSA) is 40.5 Å². The van der Waals surface area contributed by atoms with Crippen LogP contribution in [-0.2, 0) is 6.42 Å². The fraction of sp³-hybridized carbons (Fsp3) is 0.400. The molecule has 0 saturated heterocycles. The Morgan fingerprint density at radius 1 is 1.29 bits per heavy atom. The maximum absolute atomic E-state index is 9.40. The number of hydrogen-bond acceptors (Lipinski definition) is 2. The number of aliphatic hydroxyl groups is 1. The minimum Gasteiger partial charge on any atom is -0.508 e. The van der Waals surface area contributed by atoms with Gasteiger partial charge in [0, 0.05) is 49.4 Å². The molecule has 0 heterocycles. The number of aliphatic hydroxyl groups excluding tert-OH is 1. The van der Waals surface area contributed by atoms with Crippen molar-refractivity contribution in [2.75, 3.05) is 5.33 Å². The molecule has 2 nitrogen and oxygen atoms in total. The molecular weight excluding hydrogens is 459 g/mol. The van der Waals surface area contributed by atoms with Crippen molar-refractivity contribution >= 4 is 15.9 Å². The second-order valence-corrected chi connectivity index (χ2v) is 3.62. The van der Waals surface area contributed by atoms with Gasteiger partial charge < -0.3 is 10.2 Å². The number of aromatic hydroxyl groups is 1. The number of para-hydroxylation sites is 1. The first-order valence-electron chi connectivity index (χ1n) is 4.25. The largest absolute Gasteiger partial charge is 0.508 e. The molecular formula is C10H13AcBrO2. The van der Waals surface area contributed by atoms with Crippen LogP contribution in [0.4, 0.5) is 0 Å². The van der Waals surface area contributed by atoms with Crippen molar-refractivity contribution in [3.8, 4) is 5.75 Å². The summed E-state index contributed by atoms with van der Waals surface area (Å²) < 4.78 is 0. The van der Waals surface area contributed by atoms with Gasteiger partial charge in [-0.05, 0) is 24.5 Å². The number of alkyl halides is 1. The number of phenols is 1. The molecule has 0 aromatic heterocycles. The molecule has 1 aromatic rings. The third kappa shape index (κ3) is 5.12. The van der Waals surface area contributed by atoms with Gasteiger partial charge in [-0.3, -0.25) is 0 Å². The van der Waals surface area contributed by atoms with Crippen LogP contribution >= 0.6 is 15.9 Å². The zero-order valence-electron chi connectivity index (χ0n) is 7.86. The SMILES string of the molecule is Oc1ccccc1CC[C@@H](O)CBr.[Ac]. The molecule has 0 bridgehead atoms. The van der Waals surface area contributed by atoms with Crippen molar-refractivity contribution in [3.05, 3.63) is 29.8 Å². The summed E-state index contributed by atoms with van der Waals surface area (Å²) in [7, 11) is 0. The summed E-state index contributed by atoms with van der Waals surface area (Å²) in [6.07, 6.45) is 1.04. The number of phenolic OH excluding ortho intramolecular Hbond substituents is 1. The Morgan fingerprint density at radius 2 is 1.93 bits per heavy atom. The van der Waals surface area contributed by atoms with E-state index in [0.717, 1.165) is 5.56 Å². The summed E-state index contributed by atoms with van der Waals surface area (Å²) in [4.78, 5) is 0. The Labute approximate surface area is 128 Å². The van der Waals surface area contributed by atoms with Gasteiger partial charge in [0.05, 0.1) is 6.10 Å². The molecule has 0 spiro atoms. The Kier molecular flexibility index (Phi) is 8.62. The smallest absolute Gasteiger partial charge is 0.118 e. The standard InChI is InChI=1S/C10H13BrO2.Ac/c11-7-9(12)6-5-8-3-1-2-4-10(8)13;/h1-4,9,12-13H,5-7H2;/t9-;/m1./s1. The van der Waals surface area contributed by atoms with E-state index >= 15 is 0 Å². The van der Waals surface area contributed by atoms with Crippen LogP contribution in [0.25, 0.3) is 0 Å². The van der Waals surface area contributed by atoms with Crippen LogP contribution in [0, 0.1) is 44.1 Å². The summed E-state index contributed by atoms with van der Waals surface area (Å²) in [5.74, 6) is 0.310. The Balaban J connectivity index is 0.00000169. The molecule has 4 heteroatoms. The van der Waals surface area contributed by atoms with Gasteiger partial charge in [0.25, 0.3) is 0 Å². The van der Waals surface area contributed by atoms with Gasteiger partial charge in [0.1, 0.15) is 5.75 Å². The van der Waals surface area contributed by atoms with Crippen molar-refractivity contribution in [1.82, 2.24) is 0 Å². The van der Waals surface area contributed by atoms with E-state index in [-0.39, 0.29) is 50.2 Å². The Hall–Kier alpha value is 0.902. The average Bonchev–Trinajstić information content (AvgIpc) is 2.16. The van der Waals surface area contributed by atoms with Crippen LogP contribution < -0.4 is 0 Å². The minimum atomic E-state index is -0.334. The average molecular weight is 472 g/mol. The maximum atomic E-state index is 9.40. The number of hydrogen-bond donors (Lipinski definition) is 2. The van der Waals surface area contributed by atoms with Gasteiger partial charge in [0.2, 0.25) is 0 Å². The first-order valence-corrected chi connectivity index (χ1v) is 5.37. The fourth-order valence-corrected chi connectivity index (χ4v) is 1.45. The van der Waals surface area contributed by atoms with Crippen molar-refractivity contribution in [1.29, 1.82) is 0 Å². The molecule has 1 rings (SSSR count). The molecule has 0 fully saturated rings. The van der Waals surface area contributed by atoms with E-state index < -0.39 is 0 Å². The summed E-state index contributed by atoms with van der Waals surface area (Å²) in [6.45, 7) is 0. The third-order valence-electron chi connectivity index (χ3n) is 1.92.